The Balaban J connectivity index is 1.64. The van der Waals surface area contributed by atoms with Crippen molar-refractivity contribution < 1.29 is 14.3 Å². The lowest BCUT2D eigenvalue weighted by Gasteiger charge is -2.61. The molecule has 1 amide bonds. The average molecular weight is 398 g/mol. The Hall–Kier alpha value is -1.68. The maximum Gasteiger partial charge on any atom is 0.225 e. The number of hydrogen-bond acceptors (Lipinski definition) is 3. The summed E-state index contributed by atoms with van der Waals surface area (Å²) in [5.41, 5.74) is 3.36. The van der Waals surface area contributed by atoms with Crippen molar-refractivity contribution in [1.29, 1.82) is 0 Å². The van der Waals surface area contributed by atoms with Crippen LogP contribution in [0.2, 0.25) is 0 Å². The highest BCUT2D eigenvalue weighted by atomic mass is 16.5. The largest absolute Gasteiger partial charge is 0.381 e. The first-order valence-electron chi connectivity index (χ1n) is 11.2. The zero-order chi connectivity index (χ0) is 21.0. The third-order valence-corrected chi connectivity index (χ3v) is 8.65. The molecule has 0 spiro atoms. The molecule has 2 aliphatic carbocycles. The zero-order valence-corrected chi connectivity index (χ0v) is 18.6. The van der Waals surface area contributed by atoms with Gasteiger partial charge in [-0.15, -0.1) is 0 Å². The standard InChI is InChI=1S/C25H35NO3/c1-16(27)18-6-7-19-15-22-24(2,3)25(4,21(19)14-18)12-13-26(22)23(28)17-8-10-20(29-5)11-9-17/h6-7,14,17,20,22H,8-13,15H2,1-5H3/t17?,20?,22-,25+/m0/s1. The van der Waals surface area contributed by atoms with Crippen LogP contribution >= 0.6 is 0 Å². The highest BCUT2D eigenvalue weighted by molar-refractivity contribution is 5.94. The summed E-state index contributed by atoms with van der Waals surface area (Å²) >= 11 is 0. The van der Waals surface area contributed by atoms with E-state index in [-0.39, 0.29) is 28.6 Å². The molecule has 1 saturated heterocycles. The van der Waals surface area contributed by atoms with E-state index in [1.807, 2.05) is 6.07 Å². The maximum absolute atomic E-state index is 13.5. The average Bonchev–Trinajstić information content (AvgIpc) is 2.70. The molecule has 0 aromatic heterocycles. The third kappa shape index (κ3) is 3.15. The van der Waals surface area contributed by atoms with Crippen molar-refractivity contribution in [2.24, 2.45) is 11.3 Å². The number of hydrogen-bond donors (Lipinski definition) is 0. The van der Waals surface area contributed by atoms with E-state index >= 15 is 0 Å². The highest BCUT2D eigenvalue weighted by Gasteiger charge is 2.57. The fraction of sp³-hybridized carbons (Fsp3) is 0.680. The van der Waals surface area contributed by atoms with Gasteiger partial charge in [-0.05, 0) is 68.1 Å². The van der Waals surface area contributed by atoms with Gasteiger partial charge >= 0.3 is 0 Å². The minimum atomic E-state index is -0.0347. The van der Waals surface area contributed by atoms with Gasteiger partial charge in [0.05, 0.1) is 6.10 Å². The number of carbonyl (C=O) groups is 2. The summed E-state index contributed by atoms with van der Waals surface area (Å²) in [5, 5.41) is 0. The first kappa shape index (κ1) is 20.6. The number of amides is 1. The number of piperidine rings is 1. The number of fused-ring (bicyclic) bond motifs is 4. The molecule has 1 aromatic rings. The lowest BCUT2D eigenvalue weighted by Crippen LogP contribution is -2.65. The van der Waals surface area contributed by atoms with Gasteiger partial charge in [-0.2, -0.15) is 0 Å². The molecule has 29 heavy (non-hydrogen) atoms. The van der Waals surface area contributed by atoms with Gasteiger partial charge in [0.15, 0.2) is 5.78 Å². The van der Waals surface area contributed by atoms with Crippen LogP contribution in [0.25, 0.3) is 0 Å². The van der Waals surface area contributed by atoms with Gasteiger partial charge in [-0.25, -0.2) is 0 Å². The Bertz CT molecular complexity index is 821. The fourth-order valence-corrected chi connectivity index (χ4v) is 6.17. The van der Waals surface area contributed by atoms with Crippen LogP contribution in [0.5, 0.6) is 0 Å². The van der Waals surface area contributed by atoms with Crippen LogP contribution in [0.1, 0.15) is 81.3 Å². The summed E-state index contributed by atoms with van der Waals surface area (Å²) in [7, 11) is 1.78. The first-order chi connectivity index (χ1) is 13.7. The maximum atomic E-state index is 13.5. The molecule has 158 valence electrons. The third-order valence-electron chi connectivity index (χ3n) is 8.65. The molecule has 3 aliphatic rings. The van der Waals surface area contributed by atoms with Crippen LogP contribution in [0.4, 0.5) is 0 Å². The number of rotatable bonds is 3. The van der Waals surface area contributed by atoms with Gasteiger partial charge in [-0.3, -0.25) is 9.59 Å². The Kier molecular flexibility index (Phi) is 5.13. The molecule has 2 fully saturated rings. The quantitative estimate of drug-likeness (QED) is 0.704. The molecule has 2 bridgehead atoms. The van der Waals surface area contributed by atoms with E-state index in [1.54, 1.807) is 14.0 Å². The van der Waals surface area contributed by atoms with Crippen LogP contribution in [0, 0.1) is 11.3 Å². The van der Waals surface area contributed by atoms with E-state index < -0.39 is 0 Å². The van der Waals surface area contributed by atoms with Gasteiger partial charge in [0.25, 0.3) is 0 Å². The number of methoxy groups -OCH3 is 1. The van der Waals surface area contributed by atoms with Crippen molar-refractivity contribution in [3.8, 4) is 0 Å². The monoisotopic (exact) mass is 397 g/mol. The fourth-order valence-electron chi connectivity index (χ4n) is 6.17. The smallest absolute Gasteiger partial charge is 0.225 e. The molecule has 1 aromatic carbocycles. The Morgan fingerprint density at radius 2 is 1.79 bits per heavy atom. The molecular weight excluding hydrogens is 362 g/mol. The molecule has 1 saturated carbocycles. The predicted octanol–water partition coefficient (Wildman–Crippen LogP) is 4.54. The molecule has 4 rings (SSSR count). The summed E-state index contributed by atoms with van der Waals surface area (Å²) < 4.78 is 5.49. The van der Waals surface area contributed by atoms with Crippen molar-refractivity contribution in [1.82, 2.24) is 4.90 Å². The van der Waals surface area contributed by atoms with Gasteiger partial charge < -0.3 is 9.64 Å². The number of ether oxygens (including phenoxy) is 1. The van der Waals surface area contributed by atoms with Crippen molar-refractivity contribution >= 4 is 11.7 Å². The summed E-state index contributed by atoms with van der Waals surface area (Å²) in [4.78, 5) is 27.7. The highest BCUT2D eigenvalue weighted by Crippen LogP contribution is 2.56. The van der Waals surface area contributed by atoms with Gasteiger partial charge in [0.1, 0.15) is 0 Å². The summed E-state index contributed by atoms with van der Waals surface area (Å²) in [6.45, 7) is 9.44. The second kappa shape index (κ2) is 7.23. The van der Waals surface area contributed by atoms with Gasteiger partial charge in [-0.1, -0.05) is 32.9 Å². The SMILES string of the molecule is COC1CCC(C(=O)N2CC[C@]3(C)c4cc(C(C)=O)ccc4C[C@H]2C3(C)C)CC1. The van der Waals surface area contributed by atoms with E-state index in [4.69, 9.17) is 4.74 Å². The van der Waals surface area contributed by atoms with E-state index in [0.29, 0.717) is 12.0 Å². The van der Waals surface area contributed by atoms with Gasteiger partial charge in [0.2, 0.25) is 5.91 Å². The summed E-state index contributed by atoms with van der Waals surface area (Å²) in [5.74, 6) is 0.613. The molecule has 4 heteroatoms. The zero-order valence-electron chi connectivity index (χ0n) is 18.6. The second-order valence-corrected chi connectivity index (χ2v) is 10.2. The lowest BCUT2D eigenvalue weighted by atomic mass is 9.50. The molecular formula is C25H35NO3. The molecule has 0 radical (unpaired) electrons. The molecule has 0 unspecified atom stereocenters. The number of benzene rings is 1. The van der Waals surface area contributed by atoms with E-state index in [9.17, 15) is 9.59 Å². The van der Waals surface area contributed by atoms with Crippen LogP contribution in [0.3, 0.4) is 0 Å². The Morgan fingerprint density at radius 3 is 2.41 bits per heavy atom. The Morgan fingerprint density at radius 1 is 1.10 bits per heavy atom. The molecule has 2 atom stereocenters. The molecule has 1 aliphatic heterocycles. The predicted molar refractivity (Wildman–Crippen MR) is 114 cm³/mol. The van der Waals surface area contributed by atoms with E-state index in [2.05, 4.69) is 37.8 Å². The minimum Gasteiger partial charge on any atom is -0.381 e. The summed E-state index contributed by atoms with van der Waals surface area (Å²) in [6, 6.07) is 6.42. The number of Topliss-reactive ketones (excluding diaryl/α,β-unsaturated/α-hetero) is 1. The molecule has 0 N–H and O–H groups in total. The Labute approximate surface area is 175 Å². The topological polar surface area (TPSA) is 46.6 Å². The minimum absolute atomic E-state index is 0.0266. The van der Waals surface area contributed by atoms with Crippen molar-refractivity contribution in [3.63, 3.8) is 0 Å². The number of likely N-dealkylation sites (tertiary alicyclic amines) is 1. The van der Waals surface area contributed by atoms with Crippen molar-refractivity contribution in [3.05, 3.63) is 34.9 Å². The van der Waals surface area contributed by atoms with Crippen LogP contribution in [0.15, 0.2) is 18.2 Å². The number of carbonyl (C=O) groups excluding carboxylic acids is 2. The second-order valence-electron chi connectivity index (χ2n) is 10.2. The molecule has 4 nitrogen and oxygen atoms in total. The normalized spacial score (nSPS) is 33.1. The number of ketones is 1. The van der Waals surface area contributed by atoms with Crippen molar-refractivity contribution in [2.75, 3.05) is 13.7 Å². The summed E-state index contributed by atoms with van der Waals surface area (Å²) in [6.07, 6.45) is 6.01. The van der Waals surface area contributed by atoms with Crippen LogP contribution in [-0.4, -0.2) is 42.4 Å². The lowest BCUT2D eigenvalue weighted by molar-refractivity contribution is -0.150. The number of nitrogens with zero attached hydrogens (tertiary/aromatic N) is 1. The van der Waals surface area contributed by atoms with Crippen LogP contribution in [-0.2, 0) is 21.4 Å². The first-order valence-corrected chi connectivity index (χ1v) is 11.2. The van der Waals surface area contributed by atoms with Crippen molar-refractivity contribution in [2.45, 2.75) is 83.8 Å². The van der Waals surface area contributed by atoms with E-state index in [0.717, 1.165) is 50.6 Å². The van der Waals surface area contributed by atoms with Crippen LogP contribution < -0.4 is 0 Å². The van der Waals surface area contributed by atoms with Gasteiger partial charge in [0, 0.05) is 36.6 Å². The van der Waals surface area contributed by atoms with E-state index in [1.165, 1.54) is 11.1 Å². The molecule has 1 heterocycles.